The van der Waals surface area contributed by atoms with Crippen LogP contribution >= 0.6 is 11.8 Å². The zero-order valence-electron chi connectivity index (χ0n) is 12.5. The molecule has 21 heavy (non-hydrogen) atoms. The van der Waals surface area contributed by atoms with E-state index in [0.29, 0.717) is 11.3 Å². The van der Waals surface area contributed by atoms with Crippen LogP contribution in [0.4, 0.5) is 8.78 Å². The Morgan fingerprint density at radius 2 is 2.10 bits per heavy atom. The summed E-state index contributed by atoms with van der Waals surface area (Å²) in [5.41, 5.74) is 0.796. The number of ether oxygens (including phenoxy) is 1. The minimum atomic E-state index is -2.78. The van der Waals surface area contributed by atoms with Gasteiger partial charge in [0.05, 0.1) is 0 Å². The van der Waals surface area contributed by atoms with Crippen molar-refractivity contribution in [1.82, 2.24) is 5.32 Å². The number of thioether (sulfide) groups is 1. The van der Waals surface area contributed by atoms with Crippen molar-refractivity contribution in [3.63, 3.8) is 0 Å². The molecule has 118 valence electrons. The molecular weight excluding hydrogens is 292 g/mol. The Morgan fingerprint density at radius 1 is 1.33 bits per heavy atom. The van der Waals surface area contributed by atoms with Gasteiger partial charge in [-0.15, -0.1) is 0 Å². The average Bonchev–Trinajstić information content (AvgIpc) is 2.86. The van der Waals surface area contributed by atoms with E-state index in [0.717, 1.165) is 17.7 Å². The Hall–Kier alpha value is -0.810. The summed E-state index contributed by atoms with van der Waals surface area (Å²) in [5, 5.41) is 4.22. The van der Waals surface area contributed by atoms with Gasteiger partial charge in [-0.3, -0.25) is 0 Å². The number of hydrogen-bond acceptors (Lipinski definition) is 3. The van der Waals surface area contributed by atoms with Crippen LogP contribution in [-0.4, -0.2) is 23.7 Å². The maximum absolute atomic E-state index is 12.5. The van der Waals surface area contributed by atoms with Crippen LogP contribution in [0.2, 0.25) is 0 Å². The Labute approximate surface area is 129 Å². The third kappa shape index (κ3) is 4.58. The van der Waals surface area contributed by atoms with Gasteiger partial charge in [0.1, 0.15) is 5.75 Å². The van der Waals surface area contributed by atoms with Crippen molar-refractivity contribution in [1.29, 1.82) is 0 Å². The van der Waals surface area contributed by atoms with E-state index in [1.54, 1.807) is 12.1 Å². The van der Waals surface area contributed by atoms with E-state index in [2.05, 4.69) is 17.0 Å². The first-order valence-electron chi connectivity index (χ1n) is 7.53. The first kappa shape index (κ1) is 16.6. The summed E-state index contributed by atoms with van der Waals surface area (Å²) in [5.74, 6) is 1.38. The molecule has 2 nitrogen and oxygen atoms in total. The molecule has 0 heterocycles. The van der Waals surface area contributed by atoms with Gasteiger partial charge >= 0.3 is 6.61 Å². The SMILES string of the molecule is CCSC1CCCC1NC(C)c1ccccc1OC(F)F. The van der Waals surface area contributed by atoms with Gasteiger partial charge in [-0.2, -0.15) is 20.5 Å². The van der Waals surface area contributed by atoms with Gasteiger partial charge in [0.15, 0.2) is 0 Å². The zero-order chi connectivity index (χ0) is 15.2. The lowest BCUT2D eigenvalue weighted by Crippen LogP contribution is -2.36. The molecule has 1 aromatic rings. The van der Waals surface area contributed by atoms with Crippen LogP contribution in [-0.2, 0) is 0 Å². The van der Waals surface area contributed by atoms with E-state index in [-0.39, 0.29) is 11.8 Å². The molecule has 5 heteroatoms. The summed E-state index contributed by atoms with van der Waals surface area (Å²) in [6.45, 7) is 1.41. The maximum atomic E-state index is 12.5. The number of hydrogen-bond donors (Lipinski definition) is 1. The Balaban J connectivity index is 2.04. The van der Waals surface area contributed by atoms with E-state index in [4.69, 9.17) is 0 Å². The molecule has 2 rings (SSSR count). The summed E-state index contributed by atoms with van der Waals surface area (Å²) in [7, 11) is 0. The first-order valence-corrected chi connectivity index (χ1v) is 8.58. The minimum absolute atomic E-state index is 0.00278. The van der Waals surface area contributed by atoms with Gasteiger partial charge in [-0.1, -0.05) is 31.5 Å². The number of benzene rings is 1. The van der Waals surface area contributed by atoms with Crippen molar-refractivity contribution >= 4 is 11.8 Å². The fourth-order valence-electron chi connectivity index (χ4n) is 2.98. The number of halogens is 2. The molecule has 1 N–H and O–H groups in total. The molecule has 0 aliphatic heterocycles. The lowest BCUT2D eigenvalue weighted by molar-refractivity contribution is -0.0506. The van der Waals surface area contributed by atoms with Crippen LogP contribution < -0.4 is 10.1 Å². The fraction of sp³-hybridized carbons (Fsp3) is 0.625. The van der Waals surface area contributed by atoms with Gasteiger partial charge in [0.25, 0.3) is 0 Å². The maximum Gasteiger partial charge on any atom is 0.387 e. The summed E-state index contributed by atoms with van der Waals surface area (Å²) < 4.78 is 29.6. The van der Waals surface area contributed by atoms with Crippen LogP contribution in [0.5, 0.6) is 5.75 Å². The summed E-state index contributed by atoms with van der Waals surface area (Å²) in [4.78, 5) is 0. The molecule has 0 bridgehead atoms. The van der Waals surface area contributed by atoms with Crippen LogP contribution in [0.25, 0.3) is 0 Å². The highest BCUT2D eigenvalue weighted by molar-refractivity contribution is 7.99. The summed E-state index contributed by atoms with van der Waals surface area (Å²) in [6, 6.07) is 7.49. The van der Waals surface area contributed by atoms with E-state index >= 15 is 0 Å². The highest BCUT2D eigenvalue weighted by Gasteiger charge is 2.28. The lowest BCUT2D eigenvalue weighted by atomic mass is 10.1. The van der Waals surface area contributed by atoms with Crippen molar-refractivity contribution in [3.05, 3.63) is 29.8 Å². The third-order valence-electron chi connectivity index (χ3n) is 3.90. The number of para-hydroxylation sites is 1. The second-order valence-corrected chi connectivity index (χ2v) is 6.85. The molecule has 1 aliphatic rings. The molecule has 3 unspecified atom stereocenters. The van der Waals surface area contributed by atoms with Crippen molar-refractivity contribution in [2.24, 2.45) is 0 Å². The normalized spacial score (nSPS) is 23.5. The largest absolute Gasteiger partial charge is 0.434 e. The van der Waals surface area contributed by atoms with Crippen molar-refractivity contribution in [2.75, 3.05) is 5.75 Å². The van der Waals surface area contributed by atoms with Crippen molar-refractivity contribution < 1.29 is 13.5 Å². The number of nitrogens with one attached hydrogen (secondary N) is 1. The molecule has 0 spiro atoms. The Kier molecular flexibility index (Phi) is 6.30. The number of rotatable bonds is 7. The molecule has 1 fully saturated rings. The van der Waals surface area contributed by atoms with Crippen molar-refractivity contribution in [2.45, 2.75) is 57.1 Å². The lowest BCUT2D eigenvalue weighted by Gasteiger charge is -2.26. The second-order valence-electron chi connectivity index (χ2n) is 5.34. The molecule has 0 radical (unpaired) electrons. The van der Waals surface area contributed by atoms with Gasteiger partial charge in [-0.25, -0.2) is 0 Å². The Morgan fingerprint density at radius 3 is 2.81 bits per heavy atom. The first-order chi connectivity index (χ1) is 10.1. The van der Waals surface area contributed by atoms with Gasteiger partial charge in [0, 0.05) is 22.9 Å². The monoisotopic (exact) mass is 315 g/mol. The predicted molar refractivity (Wildman–Crippen MR) is 84.2 cm³/mol. The molecule has 1 aromatic carbocycles. The molecule has 1 saturated carbocycles. The smallest absolute Gasteiger partial charge is 0.387 e. The quantitative estimate of drug-likeness (QED) is 0.794. The molecule has 0 amide bonds. The summed E-state index contributed by atoms with van der Waals surface area (Å²) >= 11 is 1.99. The van der Waals surface area contributed by atoms with Crippen LogP contribution in [0.1, 0.15) is 44.7 Å². The van der Waals surface area contributed by atoms with Crippen LogP contribution in [0, 0.1) is 0 Å². The van der Waals surface area contributed by atoms with E-state index < -0.39 is 6.61 Å². The highest BCUT2D eigenvalue weighted by Crippen LogP contribution is 2.33. The number of alkyl halides is 2. The molecule has 3 atom stereocenters. The molecular formula is C16H23F2NOS. The zero-order valence-corrected chi connectivity index (χ0v) is 13.3. The van der Waals surface area contributed by atoms with Gasteiger partial charge in [-0.05, 0) is 31.6 Å². The molecule has 0 saturated heterocycles. The van der Waals surface area contributed by atoms with Gasteiger partial charge in [0.2, 0.25) is 0 Å². The van der Waals surface area contributed by atoms with Crippen LogP contribution in [0.15, 0.2) is 24.3 Å². The topological polar surface area (TPSA) is 21.3 Å². The summed E-state index contributed by atoms with van der Waals surface area (Å²) in [6.07, 6.45) is 3.62. The standard InChI is InChI=1S/C16H23F2NOS/c1-3-21-15-10-6-8-13(15)19-11(2)12-7-4-5-9-14(12)20-16(17)18/h4-5,7,9,11,13,15-16,19H,3,6,8,10H2,1-2H3. The minimum Gasteiger partial charge on any atom is -0.434 e. The van der Waals surface area contributed by atoms with Gasteiger partial charge < -0.3 is 10.1 Å². The van der Waals surface area contributed by atoms with E-state index in [1.807, 2.05) is 30.8 Å². The Bertz CT molecular complexity index is 444. The third-order valence-corrected chi connectivity index (χ3v) is 5.22. The van der Waals surface area contributed by atoms with Crippen LogP contribution in [0.3, 0.4) is 0 Å². The molecule has 0 aromatic heterocycles. The predicted octanol–water partition coefficient (Wildman–Crippen LogP) is 4.61. The van der Waals surface area contributed by atoms with Crippen molar-refractivity contribution in [3.8, 4) is 5.75 Å². The van der Waals surface area contributed by atoms with E-state index in [1.165, 1.54) is 12.8 Å². The highest BCUT2D eigenvalue weighted by atomic mass is 32.2. The molecule has 1 aliphatic carbocycles. The fourth-order valence-corrected chi connectivity index (χ4v) is 4.19. The van der Waals surface area contributed by atoms with E-state index in [9.17, 15) is 8.78 Å². The average molecular weight is 315 g/mol. The second kappa shape index (κ2) is 7.99.